The van der Waals surface area contributed by atoms with Crippen molar-refractivity contribution in [3.63, 3.8) is 0 Å². The minimum absolute atomic E-state index is 0.0865. The third-order valence-corrected chi connectivity index (χ3v) is 11.0. The van der Waals surface area contributed by atoms with Crippen LogP contribution in [0.3, 0.4) is 0 Å². The molecule has 1 aliphatic carbocycles. The van der Waals surface area contributed by atoms with Crippen LogP contribution in [-0.2, 0) is 5.41 Å². The third kappa shape index (κ3) is 4.31. The number of hydrogen-bond donors (Lipinski definition) is 0. The van der Waals surface area contributed by atoms with Gasteiger partial charge in [0, 0.05) is 5.41 Å². The monoisotopic (exact) mass is 622 g/mol. The Balaban J connectivity index is 1.08. The van der Waals surface area contributed by atoms with E-state index in [1.165, 1.54) is 98.7 Å². The van der Waals surface area contributed by atoms with Crippen molar-refractivity contribution in [1.82, 2.24) is 0 Å². The lowest BCUT2D eigenvalue weighted by atomic mass is 9.81. The van der Waals surface area contributed by atoms with Crippen molar-refractivity contribution in [2.45, 2.75) is 19.3 Å². The van der Waals surface area contributed by atoms with Crippen molar-refractivity contribution < 1.29 is 0 Å². The van der Waals surface area contributed by atoms with E-state index in [9.17, 15) is 0 Å². The molecule has 9 aromatic carbocycles. The molecule has 0 aliphatic heterocycles. The molecule has 0 N–H and O–H groups in total. The summed E-state index contributed by atoms with van der Waals surface area (Å²) in [6, 6.07) is 63.2. The van der Waals surface area contributed by atoms with Crippen LogP contribution < -0.4 is 0 Å². The molecular weight excluding hydrogens is 589 g/mol. The minimum Gasteiger partial charge on any atom is -0.0622 e. The van der Waals surface area contributed by atoms with Crippen LogP contribution in [0.1, 0.15) is 25.0 Å². The maximum atomic E-state index is 2.44. The second-order valence-electron chi connectivity index (χ2n) is 14.1. The molecule has 0 unspecified atom stereocenters. The van der Waals surface area contributed by atoms with Gasteiger partial charge in [-0.25, -0.2) is 0 Å². The summed E-state index contributed by atoms with van der Waals surface area (Å²) < 4.78 is 0. The molecule has 0 amide bonds. The fraction of sp³-hybridized carbons (Fsp3) is 0.0612. The van der Waals surface area contributed by atoms with Crippen LogP contribution >= 0.6 is 0 Å². The van der Waals surface area contributed by atoms with Gasteiger partial charge in [0.25, 0.3) is 0 Å². The van der Waals surface area contributed by atoms with Crippen molar-refractivity contribution >= 4 is 43.1 Å². The lowest BCUT2D eigenvalue weighted by Crippen LogP contribution is -2.15. The van der Waals surface area contributed by atoms with Crippen LogP contribution in [0.5, 0.6) is 0 Å². The Morgan fingerprint density at radius 2 is 0.816 bits per heavy atom. The first-order chi connectivity index (χ1) is 24.0. The van der Waals surface area contributed by atoms with E-state index in [-0.39, 0.29) is 5.41 Å². The van der Waals surface area contributed by atoms with Gasteiger partial charge in [-0.15, -0.1) is 0 Å². The summed E-state index contributed by atoms with van der Waals surface area (Å²) in [5, 5.41) is 10.3. The summed E-state index contributed by atoms with van der Waals surface area (Å²) in [6.45, 7) is 4.75. The van der Waals surface area contributed by atoms with E-state index in [0.717, 1.165) is 0 Å². The minimum atomic E-state index is -0.0865. The number of rotatable bonds is 3. The quantitative estimate of drug-likeness (QED) is 0.172. The van der Waals surface area contributed by atoms with Gasteiger partial charge in [-0.05, 0) is 129 Å². The maximum Gasteiger partial charge on any atom is 0.0159 e. The molecule has 0 heterocycles. The third-order valence-electron chi connectivity index (χ3n) is 11.0. The molecular formula is C49H34. The molecule has 230 valence electrons. The molecule has 0 saturated carbocycles. The van der Waals surface area contributed by atoms with Crippen molar-refractivity contribution in [2.75, 3.05) is 0 Å². The standard InChI is InChI=1S/C49H34/c1-49(2)47-28-35(31-10-4-3-5-11-31)21-24-43(47)44-25-22-36(29-48(44)49)34-18-16-32-17-19-37(27-38(32)26-34)45-30-46-39-13-7-6-12-33(39)20-23-42(46)40-14-8-9-15-41(40)45/h3-30H,1-2H3. The Morgan fingerprint density at radius 1 is 0.286 bits per heavy atom. The van der Waals surface area contributed by atoms with Gasteiger partial charge >= 0.3 is 0 Å². The van der Waals surface area contributed by atoms with E-state index in [0.29, 0.717) is 0 Å². The highest BCUT2D eigenvalue weighted by atomic mass is 14.4. The lowest BCUT2D eigenvalue weighted by molar-refractivity contribution is 0.661. The molecule has 0 radical (unpaired) electrons. The molecule has 0 fully saturated rings. The Morgan fingerprint density at radius 3 is 1.57 bits per heavy atom. The second kappa shape index (κ2) is 10.5. The zero-order valence-corrected chi connectivity index (χ0v) is 27.7. The van der Waals surface area contributed by atoms with Gasteiger partial charge < -0.3 is 0 Å². The first-order valence-corrected chi connectivity index (χ1v) is 17.3. The topological polar surface area (TPSA) is 0 Å². The normalized spacial score (nSPS) is 13.3. The molecule has 9 aromatic rings. The summed E-state index contributed by atoms with van der Waals surface area (Å²) in [5.74, 6) is 0. The second-order valence-corrected chi connectivity index (χ2v) is 14.1. The number of fused-ring (bicyclic) bond motifs is 9. The molecule has 0 heteroatoms. The van der Waals surface area contributed by atoms with Gasteiger partial charge in [0.1, 0.15) is 0 Å². The van der Waals surface area contributed by atoms with Crippen LogP contribution in [0.4, 0.5) is 0 Å². The van der Waals surface area contributed by atoms with Crippen LogP contribution in [0.25, 0.3) is 87.6 Å². The summed E-state index contributed by atoms with van der Waals surface area (Å²) in [7, 11) is 0. The average molecular weight is 623 g/mol. The van der Waals surface area contributed by atoms with Crippen molar-refractivity contribution in [3.8, 4) is 44.5 Å². The first-order valence-electron chi connectivity index (χ1n) is 17.3. The van der Waals surface area contributed by atoms with Gasteiger partial charge in [-0.2, -0.15) is 0 Å². The molecule has 1 aliphatic rings. The van der Waals surface area contributed by atoms with E-state index in [1.54, 1.807) is 0 Å². The summed E-state index contributed by atoms with van der Waals surface area (Å²) in [4.78, 5) is 0. The molecule has 10 rings (SSSR count). The van der Waals surface area contributed by atoms with E-state index >= 15 is 0 Å². The first kappa shape index (κ1) is 28.1. The molecule has 0 bridgehead atoms. The SMILES string of the molecule is CC1(C)c2cc(-c3ccccc3)ccc2-c2ccc(-c3ccc4ccc(-c5cc6c7ccccc7ccc6c6ccccc56)cc4c3)cc21. The highest BCUT2D eigenvalue weighted by molar-refractivity contribution is 6.21. The predicted molar refractivity (Wildman–Crippen MR) is 210 cm³/mol. The van der Waals surface area contributed by atoms with E-state index in [1.807, 2.05) is 0 Å². The summed E-state index contributed by atoms with van der Waals surface area (Å²) in [6.07, 6.45) is 0. The zero-order valence-electron chi connectivity index (χ0n) is 27.7. The fourth-order valence-corrected chi connectivity index (χ4v) is 8.42. The van der Waals surface area contributed by atoms with Crippen molar-refractivity contribution in [2.24, 2.45) is 0 Å². The predicted octanol–water partition coefficient (Wildman–Crippen LogP) is 13.6. The molecule has 0 nitrogen and oxygen atoms in total. The zero-order chi connectivity index (χ0) is 32.7. The van der Waals surface area contributed by atoms with Crippen LogP contribution in [0, 0.1) is 0 Å². The molecule has 0 saturated heterocycles. The largest absolute Gasteiger partial charge is 0.0622 e. The van der Waals surface area contributed by atoms with Crippen molar-refractivity contribution in [3.05, 3.63) is 181 Å². The molecule has 0 spiro atoms. The van der Waals surface area contributed by atoms with E-state index in [2.05, 4.69) is 184 Å². The van der Waals surface area contributed by atoms with Crippen LogP contribution in [0.15, 0.2) is 170 Å². The van der Waals surface area contributed by atoms with Gasteiger partial charge in [-0.3, -0.25) is 0 Å². The summed E-state index contributed by atoms with van der Waals surface area (Å²) >= 11 is 0. The fourth-order valence-electron chi connectivity index (χ4n) is 8.42. The molecule has 49 heavy (non-hydrogen) atoms. The van der Waals surface area contributed by atoms with E-state index in [4.69, 9.17) is 0 Å². The number of benzene rings is 9. The van der Waals surface area contributed by atoms with Crippen molar-refractivity contribution in [1.29, 1.82) is 0 Å². The smallest absolute Gasteiger partial charge is 0.0159 e. The Bertz CT molecular complexity index is 2780. The Hall–Kier alpha value is -5.98. The van der Waals surface area contributed by atoms with Crippen LogP contribution in [0.2, 0.25) is 0 Å². The van der Waals surface area contributed by atoms with Gasteiger partial charge in [-0.1, -0.05) is 153 Å². The Kier molecular flexibility index (Phi) is 6.02. The van der Waals surface area contributed by atoms with Gasteiger partial charge in [0.15, 0.2) is 0 Å². The average Bonchev–Trinajstić information content (AvgIpc) is 3.39. The van der Waals surface area contributed by atoms with Gasteiger partial charge in [0.2, 0.25) is 0 Å². The van der Waals surface area contributed by atoms with Gasteiger partial charge in [0.05, 0.1) is 0 Å². The Labute approximate surface area is 286 Å². The van der Waals surface area contributed by atoms with Crippen LogP contribution in [-0.4, -0.2) is 0 Å². The summed E-state index contributed by atoms with van der Waals surface area (Å²) in [5.41, 5.74) is 13.0. The molecule has 0 atom stereocenters. The number of hydrogen-bond acceptors (Lipinski definition) is 0. The van der Waals surface area contributed by atoms with E-state index < -0.39 is 0 Å². The lowest BCUT2D eigenvalue weighted by Gasteiger charge is -2.22. The highest BCUT2D eigenvalue weighted by Crippen LogP contribution is 2.51. The highest BCUT2D eigenvalue weighted by Gasteiger charge is 2.35. The maximum absolute atomic E-state index is 2.44. The molecule has 0 aromatic heterocycles.